The first-order valence-corrected chi connectivity index (χ1v) is 14.9. The van der Waals surface area contributed by atoms with E-state index in [1.54, 1.807) is 17.0 Å². The standard InChI is InChI=1S/C28H35F2N3O4S/c1-20-17-31(18-21-8-9-21)14-15-32(20)28(34)37-19-25-6-3-7-27(22-4-2-5-24(30)16-22)33(25)38(35,36)26-12-10-23(29)11-13-26/h2,4-5,10-13,16,20-21,25,27H,3,6-9,14-15,17-19H2,1H3/t20-,25-,27+/m1/s1. The zero-order valence-electron chi connectivity index (χ0n) is 21.6. The van der Waals surface area contributed by atoms with Gasteiger partial charge in [0.05, 0.1) is 17.0 Å². The predicted octanol–water partition coefficient (Wildman–Crippen LogP) is 4.80. The van der Waals surface area contributed by atoms with Gasteiger partial charge in [-0.05, 0) is 86.9 Å². The molecule has 2 aliphatic heterocycles. The summed E-state index contributed by atoms with van der Waals surface area (Å²) in [5.41, 5.74) is 0.534. The smallest absolute Gasteiger partial charge is 0.410 e. The van der Waals surface area contributed by atoms with E-state index in [0.29, 0.717) is 31.4 Å². The van der Waals surface area contributed by atoms with Crippen LogP contribution in [0.1, 0.15) is 50.6 Å². The topological polar surface area (TPSA) is 70.2 Å². The first kappa shape index (κ1) is 27.0. The minimum absolute atomic E-state index is 0.000416. The Kier molecular flexibility index (Phi) is 8.02. The number of benzene rings is 2. The number of carbonyl (C=O) groups is 1. The van der Waals surface area contributed by atoms with E-state index in [2.05, 4.69) is 4.90 Å². The van der Waals surface area contributed by atoms with E-state index in [0.717, 1.165) is 37.7 Å². The molecule has 2 saturated heterocycles. The first-order valence-electron chi connectivity index (χ1n) is 13.4. The van der Waals surface area contributed by atoms with E-state index >= 15 is 0 Å². The molecule has 0 unspecified atom stereocenters. The lowest BCUT2D eigenvalue weighted by molar-refractivity contribution is 0.0318. The number of rotatable bonds is 7. The summed E-state index contributed by atoms with van der Waals surface area (Å²) in [7, 11) is -4.10. The first-order chi connectivity index (χ1) is 18.2. The number of piperazine rings is 1. The van der Waals surface area contributed by atoms with Gasteiger partial charge in [0.2, 0.25) is 10.0 Å². The molecule has 206 valence electrons. The number of halogens is 2. The molecule has 2 aromatic rings. The highest BCUT2D eigenvalue weighted by atomic mass is 32.2. The van der Waals surface area contributed by atoms with Crippen LogP contribution in [0.4, 0.5) is 13.6 Å². The summed E-state index contributed by atoms with van der Waals surface area (Å²) in [6.07, 6.45) is 3.79. The Hall–Kier alpha value is -2.56. The van der Waals surface area contributed by atoms with Crippen molar-refractivity contribution >= 4 is 16.1 Å². The van der Waals surface area contributed by atoms with Crippen molar-refractivity contribution in [2.24, 2.45) is 5.92 Å². The molecule has 38 heavy (non-hydrogen) atoms. The van der Waals surface area contributed by atoms with Crippen LogP contribution in [0.25, 0.3) is 0 Å². The SMILES string of the molecule is C[C@@H]1CN(CC2CC2)CCN1C(=O)OC[C@H]1CCC[C@@H](c2cccc(F)c2)N1S(=O)(=O)c1ccc(F)cc1. The maximum atomic E-state index is 14.1. The van der Waals surface area contributed by atoms with E-state index < -0.39 is 39.8 Å². The molecule has 1 saturated carbocycles. The fourth-order valence-corrected chi connectivity index (χ4v) is 7.56. The van der Waals surface area contributed by atoms with Crippen LogP contribution < -0.4 is 0 Å². The number of sulfonamides is 1. The van der Waals surface area contributed by atoms with E-state index in [1.807, 2.05) is 6.92 Å². The third-order valence-corrected chi connectivity index (χ3v) is 9.84. The summed E-state index contributed by atoms with van der Waals surface area (Å²) in [4.78, 5) is 17.1. The molecule has 0 aromatic heterocycles. The second-order valence-corrected chi connectivity index (χ2v) is 12.6. The lowest BCUT2D eigenvalue weighted by Gasteiger charge is -2.42. The highest BCUT2D eigenvalue weighted by Gasteiger charge is 2.42. The third kappa shape index (κ3) is 6.02. The molecule has 1 amide bonds. The van der Waals surface area contributed by atoms with Gasteiger partial charge in [0, 0.05) is 32.2 Å². The maximum absolute atomic E-state index is 14.1. The van der Waals surface area contributed by atoms with Crippen molar-refractivity contribution in [1.29, 1.82) is 0 Å². The number of nitrogens with zero attached hydrogens (tertiary/aromatic N) is 3. The zero-order valence-corrected chi connectivity index (χ0v) is 22.5. The molecule has 3 fully saturated rings. The quantitative estimate of drug-likeness (QED) is 0.498. The van der Waals surface area contributed by atoms with E-state index in [4.69, 9.17) is 4.74 Å². The van der Waals surface area contributed by atoms with Crippen LogP contribution >= 0.6 is 0 Å². The summed E-state index contributed by atoms with van der Waals surface area (Å²) >= 11 is 0. The molecular weight excluding hydrogens is 512 g/mol. The summed E-state index contributed by atoms with van der Waals surface area (Å²) < 4.78 is 62.5. The Morgan fingerprint density at radius 1 is 1.00 bits per heavy atom. The van der Waals surface area contributed by atoms with Gasteiger partial charge in [0.1, 0.15) is 18.2 Å². The van der Waals surface area contributed by atoms with Gasteiger partial charge in [-0.15, -0.1) is 0 Å². The molecule has 10 heteroatoms. The third-order valence-electron chi connectivity index (χ3n) is 7.86. The number of piperidine rings is 1. The van der Waals surface area contributed by atoms with Crippen LogP contribution in [0.15, 0.2) is 53.4 Å². The molecule has 0 N–H and O–H groups in total. The van der Waals surface area contributed by atoms with Crippen LogP contribution in [0.5, 0.6) is 0 Å². The number of ether oxygens (including phenoxy) is 1. The summed E-state index contributed by atoms with van der Waals surface area (Å²) in [5.74, 6) is -0.210. The predicted molar refractivity (Wildman–Crippen MR) is 139 cm³/mol. The minimum atomic E-state index is -4.10. The van der Waals surface area contributed by atoms with Crippen LogP contribution in [0.2, 0.25) is 0 Å². The average Bonchev–Trinajstić information content (AvgIpc) is 3.71. The molecule has 3 atom stereocenters. The van der Waals surface area contributed by atoms with Crippen molar-refractivity contribution < 1.29 is 26.7 Å². The zero-order chi connectivity index (χ0) is 26.9. The van der Waals surface area contributed by atoms with Gasteiger partial charge in [0.25, 0.3) is 0 Å². The van der Waals surface area contributed by atoms with Gasteiger partial charge in [-0.3, -0.25) is 4.90 Å². The summed E-state index contributed by atoms with van der Waals surface area (Å²) in [6.45, 7) is 5.13. The van der Waals surface area contributed by atoms with Crippen molar-refractivity contribution in [3.05, 3.63) is 65.7 Å². The highest BCUT2D eigenvalue weighted by molar-refractivity contribution is 7.89. The Labute approximate surface area is 223 Å². The molecule has 2 aromatic carbocycles. The van der Waals surface area contributed by atoms with Crippen LogP contribution in [-0.2, 0) is 14.8 Å². The molecule has 3 aliphatic rings. The van der Waals surface area contributed by atoms with Crippen molar-refractivity contribution in [2.75, 3.05) is 32.8 Å². The monoisotopic (exact) mass is 547 g/mol. The van der Waals surface area contributed by atoms with Gasteiger partial charge in [0.15, 0.2) is 0 Å². The van der Waals surface area contributed by atoms with Crippen molar-refractivity contribution in [3.63, 3.8) is 0 Å². The van der Waals surface area contributed by atoms with Gasteiger partial charge >= 0.3 is 6.09 Å². The molecule has 0 bridgehead atoms. The largest absolute Gasteiger partial charge is 0.448 e. The Balaban J connectivity index is 1.34. The Morgan fingerprint density at radius 3 is 2.45 bits per heavy atom. The average molecular weight is 548 g/mol. The molecule has 0 spiro atoms. The van der Waals surface area contributed by atoms with Crippen molar-refractivity contribution in [1.82, 2.24) is 14.1 Å². The summed E-state index contributed by atoms with van der Waals surface area (Å²) in [5, 5.41) is 0. The number of carbonyl (C=O) groups excluding carboxylic acids is 1. The maximum Gasteiger partial charge on any atom is 0.410 e. The van der Waals surface area contributed by atoms with Crippen LogP contribution in [0, 0.1) is 17.6 Å². The van der Waals surface area contributed by atoms with Gasteiger partial charge in [-0.1, -0.05) is 12.1 Å². The lowest BCUT2D eigenvalue weighted by atomic mass is 9.93. The number of hydrogen-bond donors (Lipinski definition) is 0. The summed E-state index contributed by atoms with van der Waals surface area (Å²) in [6, 6.07) is 9.32. The van der Waals surface area contributed by atoms with E-state index in [-0.39, 0.29) is 17.5 Å². The normalized spacial score (nSPS) is 25.3. The minimum Gasteiger partial charge on any atom is -0.448 e. The number of hydrogen-bond acceptors (Lipinski definition) is 5. The van der Waals surface area contributed by atoms with Gasteiger partial charge in [-0.2, -0.15) is 4.31 Å². The van der Waals surface area contributed by atoms with Crippen LogP contribution in [-0.4, -0.2) is 73.5 Å². The second-order valence-electron chi connectivity index (χ2n) is 10.8. The Morgan fingerprint density at radius 2 is 1.76 bits per heavy atom. The fraction of sp³-hybridized carbons (Fsp3) is 0.536. The molecule has 2 heterocycles. The van der Waals surface area contributed by atoms with Gasteiger partial charge in [-0.25, -0.2) is 22.0 Å². The number of amides is 1. The lowest BCUT2D eigenvalue weighted by Crippen LogP contribution is -2.55. The van der Waals surface area contributed by atoms with E-state index in [9.17, 15) is 22.0 Å². The highest BCUT2D eigenvalue weighted by Crippen LogP contribution is 2.39. The fourth-order valence-electron chi connectivity index (χ4n) is 5.72. The Bertz CT molecular complexity index is 1240. The van der Waals surface area contributed by atoms with Crippen molar-refractivity contribution in [2.45, 2.75) is 62.0 Å². The van der Waals surface area contributed by atoms with Gasteiger partial charge < -0.3 is 9.64 Å². The molecule has 5 rings (SSSR count). The molecule has 1 aliphatic carbocycles. The second kappa shape index (κ2) is 11.3. The van der Waals surface area contributed by atoms with Crippen molar-refractivity contribution in [3.8, 4) is 0 Å². The molecule has 7 nitrogen and oxygen atoms in total. The molecule has 0 radical (unpaired) electrons. The van der Waals surface area contributed by atoms with E-state index in [1.165, 1.54) is 41.4 Å². The van der Waals surface area contributed by atoms with Crippen LogP contribution in [0.3, 0.4) is 0 Å². The molecular formula is C28H35F2N3O4S.